The van der Waals surface area contributed by atoms with Crippen molar-refractivity contribution in [2.24, 2.45) is 0 Å². The van der Waals surface area contributed by atoms with Crippen LogP contribution in [0.25, 0.3) is 22.2 Å². The van der Waals surface area contributed by atoms with Crippen LogP contribution in [0, 0.1) is 20.8 Å². The third-order valence-corrected chi connectivity index (χ3v) is 6.90. The molecule has 214 valence electrons. The molecule has 0 aliphatic carbocycles. The Labute approximate surface area is 246 Å². The highest BCUT2D eigenvalue weighted by molar-refractivity contribution is 6.30. The monoisotopic (exact) mass is 585 g/mol. The predicted octanol–water partition coefficient (Wildman–Crippen LogP) is 8.35. The van der Waals surface area contributed by atoms with Crippen LogP contribution in [0.15, 0.2) is 36.4 Å². The molecule has 0 saturated heterocycles. The fourth-order valence-electron chi connectivity index (χ4n) is 4.71. The lowest BCUT2D eigenvalue weighted by Crippen LogP contribution is -2.28. The number of benzene rings is 1. The molecule has 9 heteroatoms. The number of carbonyl (C=O) groups is 1. The van der Waals surface area contributed by atoms with Gasteiger partial charge in [0, 0.05) is 45.5 Å². The molecule has 3 aromatic heterocycles. The van der Waals surface area contributed by atoms with Crippen LogP contribution < -0.4 is 4.74 Å². The van der Waals surface area contributed by atoms with E-state index in [2.05, 4.69) is 9.55 Å². The number of fused-ring (bicyclic) bond motifs is 1. The summed E-state index contributed by atoms with van der Waals surface area (Å²) in [6, 6.07) is 11.0. The van der Waals surface area contributed by atoms with E-state index in [-0.39, 0.29) is 0 Å². The predicted molar refractivity (Wildman–Crippen MR) is 162 cm³/mol. The lowest BCUT2D eigenvalue weighted by Gasteiger charge is -2.28. The van der Waals surface area contributed by atoms with Gasteiger partial charge in [0.2, 0.25) is 5.88 Å². The topological polar surface area (TPSA) is 86.5 Å². The Kier molecular flexibility index (Phi) is 9.88. The van der Waals surface area contributed by atoms with Gasteiger partial charge in [0.15, 0.2) is 6.10 Å². The number of halogens is 2. The van der Waals surface area contributed by atoms with Gasteiger partial charge < -0.3 is 19.1 Å². The number of ether oxygens (including phenoxy) is 2. The maximum atomic E-state index is 12.6. The van der Waals surface area contributed by atoms with E-state index in [1.807, 2.05) is 73.6 Å². The number of aliphatic carboxylic acids is 1. The second kappa shape index (κ2) is 12.6. The molecule has 0 aliphatic heterocycles. The first-order valence-corrected chi connectivity index (χ1v) is 13.9. The van der Waals surface area contributed by atoms with Crippen molar-refractivity contribution in [1.82, 2.24) is 14.5 Å². The minimum absolute atomic E-state index is 0.335. The van der Waals surface area contributed by atoms with Crippen LogP contribution in [0.1, 0.15) is 68.8 Å². The van der Waals surface area contributed by atoms with Gasteiger partial charge in [-0.05, 0) is 76.4 Å². The van der Waals surface area contributed by atoms with Crippen molar-refractivity contribution in [3.63, 3.8) is 0 Å². The molecular formula is C31H37Cl2N3O4. The van der Waals surface area contributed by atoms with Crippen LogP contribution in [0.3, 0.4) is 0 Å². The van der Waals surface area contributed by atoms with Crippen molar-refractivity contribution in [2.75, 3.05) is 7.11 Å². The maximum Gasteiger partial charge on any atom is 0.337 e. The molecule has 0 radical (unpaired) electrons. The van der Waals surface area contributed by atoms with Crippen molar-refractivity contribution in [2.45, 2.75) is 73.6 Å². The van der Waals surface area contributed by atoms with E-state index in [1.165, 1.54) is 0 Å². The summed E-state index contributed by atoms with van der Waals surface area (Å²) in [5.74, 6) is -0.651. The number of aromatic nitrogens is 3. The molecule has 0 saturated carbocycles. The Morgan fingerprint density at radius 3 is 2.23 bits per heavy atom. The smallest absolute Gasteiger partial charge is 0.337 e. The molecule has 1 N–H and O–H groups in total. The number of rotatable bonds is 7. The fraction of sp³-hybridized carbons (Fsp3) is 0.387. The van der Waals surface area contributed by atoms with Crippen LogP contribution in [0.5, 0.6) is 5.88 Å². The molecule has 7 nitrogen and oxygen atoms in total. The van der Waals surface area contributed by atoms with Gasteiger partial charge >= 0.3 is 5.97 Å². The zero-order valence-electron chi connectivity index (χ0n) is 24.5. The number of hydrogen-bond acceptors (Lipinski definition) is 5. The number of aryl methyl sites for hydroxylation is 2. The van der Waals surface area contributed by atoms with Gasteiger partial charge in [-0.25, -0.2) is 14.8 Å². The first-order chi connectivity index (χ1) is 18.8. The first kappa shape index (κ1) is 31.4. The van der Waals surface area contributed by atoms with Crippen molar-refractivity contribution in [3.05, 3.63) is 74.7 Å². The number of pyridine rings is 2. The van der Waals surface area contributed by atoms with Crippen LogP contribution in [0.2, 0.25) is 10.2 Å². The molecule has 1 atom stereocenters. The van der Waals surface area contributed by atoms with Gasteiger partial charge in [0.25, 0.3) is 0 Å². The average molecular weight is 587 g/mol. The van der Waals surface area contributed by atoms with Crippen molar-refractivity contribution in [1.29, 1.82) is 0 Å². The quantitative estimate of drug-likeness (QED) is 0.219. The number of hydrogen-bond donors (Lipinski definition) is 1. The van der Waals surface area contributed by atoms with Gasteiger partial charge in [-0.2, -0.15) is 0 Å². The molecule has 0 amide bonds. The van der Waals surface area contributed by atoms with E-state index in [1.54, 1.807) is 25.3 Å². The van der Waals surface area contributed by atoms with Gasteiger partial charge in [0.1, 0.15) is 10.8 Å². The Hall–Kier alpha value is -3.13. The highest BCUT2D eigenvalue weighted by Crippen LogP contribution is 2.42. The Morgan fingerprint density at radius 2 is 1.68 bits per heavy atom. The minimum atomic E-state index is -1.22. The third-order valence-electron chi connectivity index (χ3n) is 6.46. The highest BCUT2D eigenvalue weighted by Gasteiger charge is 2.33. The molecule has 0 spiro atoms. The fourth-order valence-corrected chi connectivity index (χ4v) is 5.06. The zero-order valence-corrected chi connectivity index (χ0v) is 26.0. The van der Waals surface area contributed by atoms with E-state index in [0.717, 1.165) is 39.0 Å². The molecule has 1 aromatic carbocycles. The molecule has 0 bridgehead atoms. The average Bonchev–Trinajstić information content (AvgIpc) is 3.11. The summed E-state index contributed by atoms with van der Waals surface area (Å²) in [6.07, 6.45) is -1.22. The summed E-state index contributed by atoms with van der Waals surface area (Å²) < 4.78 is 13.5. The molecule has 1 unspecified atom stereocenters. The molecule has 0 fully saturated rings. The second-order valence-electron chi connectivity index (χ2n) is 10.3. The molecular weight excluding hydrogens is 549 g/mol. The van der Waals surface area contributed by atoms with E-state index in [4.69, 9.17) is 37.7 Å². The SMILES string of the molecule is CC.COc1cc(Cn2c(C)c(C)c3c(-c4ccc(Cl)cc4)c(C(OC(C)(C)C)C(=O)O)c(C)nc32)cc(Cl)n1. The van der Waals surface area contributed by atoms with Crippen LogP contribution in [-0.2, 0) is 16.1 Å². The van der Waals surface area contributed by atoms with E-state index < -0.39 is 17.7 Å². The Bertz CT molecular complexity index is 1520. The molecule has 0 aliphatic rings. The first-order valence-electron chi connectivity index (χ1n) is 13.2. The van der Waals surface area contributed by atoms with Gasteiger partial charge in [-0.15, -0.1) is 0 Å². The lowest BCUT2D eigenvalue weighted by atomic mass is 9.91. The zero-order chi connectivity index (χ0) is 29.9. The largest absolute Gasteiger partial charge is 0.481 e. The summed E-state index contributed by atoms with van der Waals surface area (Å²) in [7, 11) is 1.55. The molecule has 3 heterocycles. The summed E-state index contributed by atoms with van der Waals surface area (Å²) in [4.78, 5) is 21.7. The van der Waals surface area contributed by atoms with E-state index >= 15 is 0 Å². The lowest BCUT2D eigenvalue weighted by molar-refractivity contribution is -0.160. The number of carboxylic acid groups (broad SMARTS) is 1. The number of methoxy groups -OCH3 is 1. The van der Waals surface area contributed by atoms with E-state index in [9.17, 15) is 9.90 Å². The molecule has 4 rings (SSSR count). The summed E-state index contributed by atoms with van der Waals surface area (Å²) >= 11 is 12.5. The van der Waals surface area contributed by atoms with Crippen molar-refractivity contribution < 1.29 is 19.4 Å². The number of nitrogens with zero attached hydrogens (tertiary/aromatic N) is 3. The van der Waals surface area contributed by atoms with Crippen LogP contribution in [0.4, 0.5) is 0 Å². The van der Waals surface area contributed by atoms with Crippen molar-refractivity contribution >= 4 is 40.2 Å². The van der Waals surface area contributed by atoms with Gasteiger partial charge in [0.05, 0.1) is 12.7 Å². The Morgan fingerprint density at radius 1 is 1.05 bits per heavy atom. The van der Waals surface area contributed by atoms with Gasteiger partial charge in [-0.3, -0.25) is 0 Å². The summed E-state index contributed by atoms with van der Waals surface area (Å²) in [6.45, 7) is 15.9. The third kappa shape index (κ3) is 6.60. The maximum absolute atomic E-state index is 12.6. The van der Waals surface area contributed by atoms with Crippen molar-refractivity contribution in [3.8, 4) is 17.0 Å². The molecule has 40 heavy (non-hydrogen) atoms. The minimum Gasteiger partial charge on any atom is -0.481 e. The Balaban J connectivity index is 0.00000216. The van der Waals surface area contributed by atoms with Crippen LogP contribution in [-0.4, -0.2) is 38.3 Å². The molecule has 4 aromatic rings. The number of carboxylic acids is 1. The van der Waals surface area contributed by atoms with Crippen LogP contribution >= 0.6 is 23.2 Å². The van der Waals surface area contributed by atoms with Gasteiger partial charge in [-0.1, -0.05) is 49.2 Å². The normalized spacial score (nSPS) is 12.2. The second-order valence-corrected chi connectivity index (χ2v) is 11.1. The highest BCUT2D eigenvalue weighted by atomic mass is 35.5. The standard InChI is InChI=1S/C29H31Cl2N3O4.C2H6/c1-15-17(3)34(14-18-12-21(31)33-22(13-18)37-7)27-23(15)25(19-8-10-20(30)11-9-19)24(16(2)32-27)26(28(35)36)38-29(4,5)6;1-2/h8-13,26H,14H2,1-7H3,(H,35,36);1-2H3. The summed E-state index contributed by atoms with van der Waals surface area (Å²) in [5.41, 5.74) is 5.62. The van der Waals surface area contributed by atoms with E-state index in [0.29, 0.717) is 33.9 Å². The summed E-state index contributed by atoms with van der Waals surface area (Å²) in [5, 5.41) is 12.1.